The van der Waals surface area contributed by atoms with E-state index in [0.29, 0.717) is 0 Å². The Balaban J connectivity index is 0.000000165. The number of nitrogen functional groups attached to an aromatic ring is 2. The van der Waals surface area contributed by atoms with Crippen molar-refractivity contribution in [2.75, 3.05) is 11.5 Å². The second-order valence-corrected chi connectivity index (χ2v) is 2.90. The number of aromatic amines is 1. The van der Waals surface area contributed by atoms with Gasteiger partial charge in [-0.3, -0.25) is 9.78 Å². The Morgan fingerprint density at radius 1 is 1.19 bits per heavy atom. The van der Waals surface area contributed by atoms with E-state index in [1.807, 2.05) is 30.3 Å². The van der Waals surface area contributed by atoms with Gasteiger partial charge >= 0.3 is 0 Å². The molecular weight excluding hydrogens is 208 g/mol. The highest BCUT2D eigenvalue weighted by Gasteiger charge is 1.91. The topological polar surface area (TPSA) is 118 Å². The lowest BCUT2D eigenvalue weighted by Gasteiger charge is -1.89. The highest BCUT2D eigenvalue weighted by atomic mass is 16.3. The van der Waals surface area contributed by atoms with Crippen molar-refractivity contribution in [1.29, 1.82) is 0 Å². The largest absolute Gasteiger partial charge is 0.493 e. The molecule has 1 heterocycles. The number of H-pyrrole nitrogens is 1. The average Bonchev–Trinajstić information content (AvgIpc) is 2.17. The third kappa shape index (κ3) is 4.14. The van der Waals surface area contributed by atoms with Crippen LogP contribution >= 0.6 is 0 Å². The zero-order valence-corrected chi connectivity index (χ0v) is 8.42. The Kier molecular flexibility index (Phi) is 3.90. The van der Waals surface area contributed by atoms with Crippen LogP contribution in [0.1, 0.15) is 0 Å². The van der Waals surface area contributed by atoms with Crippen molar-refractivity contribution >= 4 is 11.6 Å². The van der Waals surface area contributed by atoms with Gasteiger partial charge in [0.15, 0.2) is 0 Å². The van der Waals surface area contributed by atoms with Crippen LogP contribution in [0.15, 0.2) is 41.2 Å². The van der Waals surface area contributed by atoms with E-state index >= 15 is 0 Å². The summed E-state index contributed by atoms with van der Waals surface area (Å²) >= 11 is 0. The van der Waals surface area contributed by atoms with Crippen LogP contribution in [0.2, 0.25) is 0 Å². The molecule has 0 aliphatic carbocycles. The van der Waals surface area contributed by atoms with E-state index in [0.717, 1.165) is 11.8 Å². The lowest BCUT2D eigenvalue weighted by atomic mass is 10.3. The first kappa shape index (κ1) is 11.6. The van der Waals surface area contributed by atoms with Crippen LogP contribution in [0.3, 0.4) is 0 Å². The van der Waals surface area contributed by atoms with Crippen molar-refractivity contribution in [2.24, 2.45) is 0 Å². The fourth-order valence-electron chi connectivity index (χ4n) is 0.916. The molecule has 1 aromatic heterocycles. The van der Waals surface area contributed by atoms with E-state index in [1.165, 1.54) is 0 Å². The van der Waals surface area contributed by atoms with E-state index in [4.69, 9.17) is 16.6 Å². The van der Waals surface area contributed by atoms with Crippen LogP contribution in [-0.4, -0.2) is 15.1 Å². The zero-order chi connectivity index (χ0) is 12.0. The third-order valence-corrected chi connectivity index (χ3v) is 1.55. The highest BCUT2D eigenvalue weighted by molar-refractivity contribution is 5.35. The summed E-state index contributed by atoms with van der Waals surface area (Å²) in [6.45, 7) is 0. The summed E-state index contributed by atoms with van der Waals surface area (Å²) in [5.74, 6) is -0.448. The Labute approximate surface area is 91.6 Å². The van der Waals surface area contributed by atoms with Crippen LogP contribution in [-0.2, 0) is 0 Å². The SMILES string of the molecule is Nc1ccccc1.Nc1nc(O)cc(=O)[nH]1. The molecule has 0 bridgehead atoms. The lowest BCUT2D eigenvalue weighted by molar-refractivity contribution is 0.452. The van der Waals surface area contributed by atoms with Crippen molar-refractivity contribution in [3.05, 3.63) is 46.8 Å². The molecule has 1 aromatic carbocycles. The minimum absolute atomic E-state index is 0.0833. The molecule has 0 saturated heterocycles. The van der Waals surface area contributed by atoms with E-state index in [-0.39, 0.29) is 11.8 Å². The van der Waals surface area contributed by atoms with Gasteiger partial charge in [-0.2, -0.15) is 4.98 Å². The number of para-hydroxylation sites is 1. The standard InChI is InChI=1S/C6H7N.C4H5N3O2/c7-6-4-2-1-3-5-6;5-4-6-2(8)1-3(9)7-4/h1-5H,7H2;1H,(H4,5,6,7,8,9). The van der Waals surface area contributed by atoms with Gasteiger partial charge in [-0.15, -0.1) is 0 Å². The smallest absolute Gasteiger partial charge is 0.256 e. The van der Waals surface area contributed by atoms with Crippen LogP contribution in [0.25, 0.3) is 0 Å². The lowest BCUT2D eigenvalue weighted by Crippen LogP contribution is -2.08. The molecule has 0 radical (unpaired) electrons. The van der Waals surface area contributed by atoms with E-state index in [2.05, 4.69) is 9.97 Å². The molecule has 6 nitrogen and oxygen atoms in total. The number of benzene rings is 1. The number of nitrogens with two attached hydrogens (primary N) is 2. The van der Waals surface area contributed by atoms with Gasteiger partial charge in [0.05, 0.1) is 6.07 Å². The summed E-state index contributed by atoms with van der Waals surface area (Å²) in [4.78, 5) is 15.8. The number of rotatable bonds is 0. The summed E-state index contributed by atoms with van der Waals surface area (Å²) in [6.07, 6.45) is 0. The predicted octanol–water partition coefficient (Wildman–Crippen LogP) is 0.326. The molecule has 0 spiro atoms. The number of anilines is 2. The number of aromatic nitrogens is 2. The Morgan fingerprint density at radius 2 is 1.81 bits per heavy atom. The van der Waals surface area contributed by atoms with Crippen molar-refractivity contribution in [2.45, 2.75) is 0 Å². The molecule has 0 aliphatic rings. The molecule has 0 unspecified atom stereocenters. The number of nitrogens with zero attached hydrogens (tertiary/aromatic N) is 1. The molecule has 16 heavy (non-hydrogen) atoms. The average molecular weight is 220 g/mol. The monoisotopic (exact) mass is 220 g/mol. The van der Waals surface area contributed by atoms with Gasteiger partial charge in [0, 0.05) is 5.69 Å². The van der Waals surface area contributed by atoms with Crippen LogP contribution in [0, 0.1) is 0 Å². The first-order valence-electron chi connectivity index (χ1n) is 4.44. The van der Waals surface area contributed by atoms with Gasteiger partial charge in [-0.25, -0.2) is 0 Å². The van der Waals surface area contributed by atoms with E-state index in [1.54, 1.807) is 0 Å². The summed E-state index contributed by atoms with van der Waals surface area (Å²) in [5.41, 5.74) is 10.8. The maximum atomic E-state index is 10.4. The van der Waals surface area contributed by atoms with Crippen molar-refractivity contribution in [3.8, 4) is 5.88 Å². The van der Waals surface area contributed by atoms with Gasteiger partial charge in [-0.1, -0.05) is 18.2 Å². The summed E-state index contributed by atoms with van der Waals surface area (Å²) in [5, 5.41) is 8.58. The first-order chi connectivity index (χ1) is 7.58. The fourth-order valence-corrected chi connectivity index (χ4v) is 0.916. The van der Waals surface area contributed by atoms with Crippen LogP contribution < -0.4 is 17.0 Å². The quantitative estimate of drug-likeness (QED) is 0.477. The molecule has 6 heteroatoms. The van der Waals surface area contributed by atoms with Gasteiger partial charge in [0.1, 0.15) is 0 Å². The molecule has 6 N–H and O–H groups in total. The van der Waals surface area contributed by atoms with Gasteiger partial charge in [0.2, 0.25) is 11.8 Å². The molecule has 0 amide bonds. The summed E-state index contributed by atoms with van der Waals surface area (Å²) in [7, 11) is 0. The summed E-state index contributed by atoms with van der Waals surface area (Å²) < 4.78 is 0. The normalized spacial score (nSPS) is 9.00. The predicted molar refractivity (Wildman–Crippen MR) is 61.8 cm³/mol. The molecule has 0 atom stereocenters. The van der Waals surface area contributed by atoms with Crippen molar-refractivity contribution < 1.29 is 5.11 Å². The molecule has 0 saturated carbocycles. The zero-order valence-electron chi connectivity index (χ0n) is 8.42. The van der Waals surface area contributed by atoms with Crippen molar-refractivity contribution in [3.63, 3.8) is 0 Å². The van der Waals surface area contributed by atoms with Crippen molar-refractivity contribution in [1.82, 2.24) is 9.97 Å². The highest BCUT2D eigenvalue weighted by Crippen LogP contribution is 1.97. The fraction of sp³-hybridized carbons (Fsp3) is 0. The Morgan fingerprint density at radius 3 is 2.19 bits per heavy atom. The maximum Gasteiger partial charge on any atom is 0.256 e. The molecule has 2 aromatic rings. The van der Waals surface area contributed by atoms with Crippen LogP contribution in [0.4, 0.5) is 11.6 Å². The van der Waals surface area contributed by atoms with Crippen LogP contribution in [0.5, 0.6) is 5.88 Å². The second kappa shape index (κ2) is 5.40. The molecule has 0 fully saturated rings. The molecule has 0 aliphatic heterocycles. The van der Waals surface area contributed by atoms with Gasteiger partial charge < -0.3 is 16.6 Å². The molecular formula is C10H12N4O2. The van der Waals surface area contributed by atoms with E-state index < -0.39 is 5.56 Å². The second-order valence-electron chi connectivity index (χ2n) is 2.90. The Bertz CT molecular complexity index is 472. The molecule has 2 rings (SSSR count). The number of aromatic hydroxyl groups is 1. The first-order valence-corrected chi connectivity index (χ1v) is 4.44. The maximum absolute atomic E-state index is 10.4. The van der Waals surface area contributed by atoms with E-state index in [9.17, 15) is 4.79 Å². The number of nitrogens with one attached hydrogen (secondary N) is 1. The van der Waals surface area contributed by atoms with Gasteiger partial charge in [0.25, 0.3) is 5.56 Å². The molecule has 84 valence electrons. The Hall–Kier alpha value is -2.50. The summed E-state index contributed by atoms with van der Waals surface area (Å²) in [6, 6.07) is 10.4. The minimum Gasteiger partial charge on any atom is -0.493 e. The number of hydrogen-bond donors (Lipinski definition) is 4. The number of hydrogen-bond acceptors (Lipinski definition) is 5. The minimum atomic E-state index is -0.458. The van der Waals surface area contributed by atoms with Gasteiger partial charge in [-0.05, 0) is 12.1 Å². The third-order valence-electron chi connectivity index (χ3n) is 1.55.